The standard InChI is InChI=1S/C8H16N2O3/c9-7(6-11)1-2-10-3-4-13-8(12)5-10/h7,11H,1-6,9H2. The fourth-order valence-corrected chi connectivity index (χ4v) is 1.23. The second-order valence-electron chi connectivity index (χ2n) is 3.23. The lowest BCUT2D eigenvalue weighted by molar-refractivity contribution is -0.150. The van der Waals surface area contributed by atoms with Gasteiger partial charge in [0.15, 0.2) is 0 Å². The zero-order valence-corrected chi connectivity index (χ0v) is 7.61. The minimum absolute atomic E-state index is 0.00170. The average Bonchev–Trinajstić information content (AvgIpc) is 2.14. The number of cyclic esters (lactones) is 1. The van der Waals surface area contributed by atoms with Gasteiger partial charge in [0, 0.05) is 19.1 Å². The number of carbonyl (C=O) groups excluding carboxylic acids is 1. The third kappa shape index (κ3) is 3.71. The van der Waals surface area contributed by atoms with Gasteiger partial charge >= 0.3 is 5.97 Å². The Morgan fingerprint density at radius 2 is 2.46 bits per heavy atom. The Morgan fingerprint density at radius 3 is 3.08 bits per heavy atom. The van der Waals surface area contributed by atoms with Crippen molar-refractivity contribution in [2.45, 2.75) is 12.5 Å². The van der Waals surface area contributed by atoms with Crippen molar-refractivity contribution in [2.24, 2.45) is 5.73 Å². The molecule has 1 aliphatic rings. The van der Waals surface area contributed by atoms with Crippen molar-refractivity contribution in [3.63, 3.8) is 0 Å². The number of aliphatic hydroxyl groups excluding tert-OH is 1. The normalized spacial score (nSPS) is 21.2. The molecule has 5 nitrogen and oxygen atoms in total. The number of carbonyl (C=O) groups is 1. The van der Waals surface area contributed by atoms with Crippen LogP contribution in [0.2, 0.25) is 0 Å². The Hall–Kier alpha value is -0.650. The van der Waals surface area contributed by atoms with Crippen molar-refractivity contribution in [1.82, 2.24) is 4.90 Å². The average molecular weight is 188 g/mol. The maximum atomic E-state index is 10.8. The van der Waals surface area contributed by atoms with Crippen LogP contribution in [0.3, 0.4) is 0 Å². The van der Waals surface area contributed by atoms with E-state index in [9.17, 15) is 4.79 Å². The largest absolute Gasteiger partial charge is 0.463 e. The molecule has 3 N–H and O–H groups in total. The van der Waals surface area contributed by atoms with Crippen LogP contribution in [0.25, 0.3) is 0 Å². The summed E-state index contributed by atoms with van der Waals surface area (Å²) in [7, 11) is 0. The van der Waals surface area contributed by atoms with E-state index >= 15 is 0 Å². The number of hydrogen-bond acceptors (Lipinski definition) is 5. The van der Waals surface area contributed by atoms with Crippen LogP contribution in [-0.4, -0.2) is 54.9 Å². The molecule has 1 rings (SSSR count). The molecule has 13 heavy (non-hydrogen) atoms. The Labute approximate surface area is 77.5 Å². The molecule has 0 amide bonds. The fourth-order valence-electron chi connectivity index (χ4n) is 1.23. The molecule has 0 aromatic heterocycles. The SMILES string of the molecule is NC(CO)CCN1CCOC(=O)C1. The van der Waals surface area contributed by atoms with Crippen molar-refractivity contribution < 1.29 is 14.6 Å². The summed E-state index contributed by atoms with van der Waals surface area (Å²) in [6.07, 6.45) is 0.712. The summed E-state index contributed by atoms with van der Waals surface area (Å²) in [6, 6.07) is -0.182. The monoisotopic (exact) mass is 188 g/mol. The summed E-state index contributed by atoms with van der Waals surface area (Å²) >= 11 is 0. The van der Waals surface area contributed by atoms with Gasteiger partial charge in [0.05, 0.1) is 13.2 Å². The van der Waals surface area contributed by atoms with Gasteiger partial charge < -0.3 is 15.6 Å². The van der Waals surface area contributed by atoms with Gasteiger partial charge in [-0.3, -0.25) is 9.69 Å². The molecule has 0 saturated carbocycles. The molecule has 0 aliphatic carbocycles. The Balaban J connectivity index is 2.17. The third-order valence-corrected chi connectivity index (χ3v) is 2.07. The van der Waals surface area contributed by atoms with Gasteiger partial charge in [0.1, 0.15) is 6.61 Å². The number of nitrogens with two attached hydrogens (primary N) is 1. The van der Waals surface area contributed by atoms with Crippen LogP contribution in [0.5, 0.6) is 0 Å². The molecule has 0 bridgehead atoms. The maximum absolute atomic E-state index is 10.8. The Bertz CT molecular complexity index is 175. The zero-order chi connectivity index (χ0) is 9.68. The zero-order valence-electron chi connectivity index (χ0n) is 7.61. The van der Waals surface area contributed by atoms with Crippen LogP contribution in [0, 0.1) is 0 Å². The third-order valence-electron chi connectivity index (χ3n) is 2.07. The molecule has 1 unspecified atom stereocenters. The highest BCUT2D eigenvalue weighted by atomic mass is 16.5. The van der Waals surface area contributed by atoms with E-state index in [2.05, 4.69) is 0 Å². The number of morpholine rings is 1. The second-order valence-corrected chi connectivity index (χ2v) is 3.23. The van der Waals surface area contributed by atoms with E-state index < -0.39 is 0 Å². The van der Waals surface area contributed by atoms with Gasteiger partial charge in [-0.15, -0.1) is 0 Å². The molecule has 1 aliphatic heterocycles. The highest BCUT2D eigenvalue weighted by molar-refractivity contribution is 5.72. The summed E-state index contributed by atoms with van der Waals surface area (Å²) < 4.78 is 4.78. The van der Waals surface area contributed by atoms with Gasteiger partial charge in [-0.2, -0.15) is 0 Å². The fraction of sp³-hybridized carbons (Fsp3) is 0.875. The van der Waals surface area contributed by atoms with Crippen LogP contribution in [0.1, 0.15) is 6.42 Å². The lowest BCUT2D eigenvalue weighted by atomic mass is 10.2. The highest BCUT2D eigenvalue weighted by Gasteiger charge is 2.17. The molecule has 1 saturated heterocycles. The van der Waals surface area contributed by atoms with Gasteiger partial charge in [-0.1, -0.05) is 0 Å². The van der Waals surface area contributed by atoms with E-state index in [4.69, 9.17) is 15.6 Å². The lowest BCUT2D eigenvalue weighted by Crippen LogP contribution is -2.42. The predicted octanol–water partition coefficient (Wildman–Crippen LogP) is -1.45. The van der Waals surface area contributed by atoms with E-state index in [0.29, 0.717) is 19.6 Å². The maximum Gasteiger partial charge on any atom is 0.320 e. The van der Waals surface area contributed by atoms with Gasteiger partial charge in [0.25, 0.3) is 0 Å². The molecular formula is C8H16N2O3. The minimum Gasteiger partial charge on any atom is -0.463 e. The molecule has 0 aromatic rings. The molecule has 1 fully saturated rings. The summed E-state index contributed by atoms with van der Waals surface area (Å²) in [5.74, 6) is -0.177. The van der Waals surface area contributed by atoms with Crippen LogP contribution in [0.15, 0.2) is 0 Å². The molecule has 5 heteroatoms. The van der Waals surface area contributed by atoms with Crippen LogP contribution >= 0.6 is 0 Å². The van der Waals surface area contributed by atoms with E-state index in [1.54, 1.807) is 0 Å². The predicted molar refractivity (Wildman–Crippen MR) is 47.1 cm³/mol. The topological polar surface area (TPSA) is 75.8 Å². The first-order valence-corrected chi connectivity index (χ1v) is 4.47. The number of aliphatic hydroxyl groups is 1. The first kappa shape index (κ1) is 10.4. The molecular weight excluding hydrogens is 172 g/mol. The molecule has 0 spiro atoms. The number of esters is 1. The van der Waals surface area contributed by atoms with Crippen molar-refractivity contribution in [3.8, 4) is 0 Å². The van der Waals surface area contributed by atoms with Crippen LogP contribution in [0.4, 0.5) is 0 Å². The number of nitrogens with zero attached hydrogens (tertiary/aromatic N) is 1. The van der Waals surface area contributed by atoms with Crippen molar-refractivity contribution in [3.05, 3.63) is 0 Å². The van der Waals surface area contributed by atoms with Crippen molar-refractivity contribution >= 4 is 5.97 Å². The van der Waals surface area contributed by atoms with Crippen molar-refractivity contribution in [2.75, 3.05) is 32.8 Å². The first-order chi connectivity index (χ1) is 6.22. The molecule has 0 radical (unpaired) electrons. The Morgan fingerprint density at radius 1 is 1.69 bits per heavy atom. The molecule has 1 atom stereocenters. The first-order valence-electron chi connectivity index (χ1n) is 4.47. The number of hydrogen-bond donors (Lipinski definition) is 2. The lowest BCUT2D eigenvalue weighted by Gasteiger charge is -2.26. The molecule has 0 aromatic carbocycles. The van der Waals surface area contributed by atoms with Crippen LogP contribution < -0.4 is 5.73 Å². The minimum atomic E-state index is -0.182. The van der Waals surface area contributed by atoms with E-state index in [1.807, 2.05) is 4.90 Å². The smallest absolute Gasteiger partial charge is 0.320 e. The van der Waals surface area contributed by atoms with Gasteiger partial charge in [-0.25, -0.2) is 0 Å². The van der Waals surface area contributed by atoms with Gasteiger partial charge in [0.2, 0.25) is 0 Å². The summed E-state index contributed by atoms with van der Waals surface area (Å²) in [5.41, 5.74) is 5.53. The quantitative estimate of drug-likeness (QED) is 0.528. The van der Waals surface area contributed by atoms with E-state index in [1.165, 1.54) is 0 Å². The summed E-state index contributed by atoms with van der Waals surface area (Å²) in [6.45, 7) is 2.32. The Kier molecular flexibility index (Phi) is 4.14. The molecule has 1 heterocycles. The van der Waals surface area contributed by atoms with Crippen LogP contribution in [-0.2, 0) is 9.53 Å². The number of rotatable bonds is 4. The highest BCUT2D eigenvalue weighted by Crippen LogP contribution is 2.00. The van der Waals surface area contributed by atoms with E-state index in [0.717, 1.165) is 13.1 Å². The second kappa shape index (κ2) is 5.16. The summed E-state index contributed by atoms with van der Waals surface area (Å²) in [5, 5.41) is 8.68. The van der Waals surface area contributed by atoms with E-state index in [-0.39, 0.29) is 18.6 Å². The van der Waals surface area contributed by atoms with Crippen molar-refractivity contribution in [1.29, 1.82) is 0 Å². The number of ether oxygens (including phenoxy) is 1. The van der Waals surface area contributed by atoms with Gasteiger partial charge in [-0.05, 0) is 6.42 Å². The summed E-state index contributed by atoms with van der Waals surface area (Å²) in [4.78, 5) is 12.8. The molecule has 76 valence electrons.